The number of nitrogens with one attached hydrogen (secondary N) is 1. The second-order valence-electron chi connectivity index (χ2n) is 5.80. The van der Waals surface area contributed by atoms with Crippen molar-refractivity contribution in [2.75, 3.05) is 4.90 Å². The second kappa shape index (κ2) is 6.90. The number of hydrogen-bond acceptors (Lipinski definition) is 3. The van der Waals surface area contributed by atoms with Gasteiger partial charge in [-0.1, -0.05) is 45.8 Å². The van der Waals surface area contributed by atoms with Gasteiger partial charge in [-0.3, -0.25) is 19.8 Å². The fourth-order valence-corrected chi connectivity index (χ4v) is 3.32. The van der Waals surface area contributed by atoms with Gasteiger partial charge in [0.25, 0.3) is 11.8 Å². The van der Waals surface area contributed by atoms with Crippen molar-refractivity contribution in [1.82, 2.24) is 5.32 Å². The van der Waals surface area contributed by atoms with Crippen molar-refractivity contribution in [3.63, 3.8) is 0 Å². The Morgan fingerprint density at radius 2 is 1.76 bits per heavy atom. The summed E-state index contributed by atoms with van der Waals surface area (Å²) in [6.45, 7) is 3.86. The molecule has 2 aromatic rings. The largest absolute Gasteiger partial charge is 0.298 e. The highest BCUT2D eigenvalue weighted by Crippen LogP contribution is 2.27. The van der Waals surface area contributed by atoms with Crippen molar-refractivity contribution in [3.8, 4) is 0 Å². The monoisotopic (exact) mass is 414 g/mol. The van der Waals surface area contributed by atoms with E-state index in [1.54, 1.807) is 12.1 Å². The van der Waals surface area contributed by atoms with Gasteiger partial charge in [0.2, 0.25) is 0 Å². The van der Waals surface area contributed by atoms with Gasteiger partial charge in [0.05, 0.1) is 5.69 Å². The first-order valence-corrected chi connectivity index (χ1v) is 8.81. The number of thiocarbonyl (C=S) groups is 1. The van der Waals surface area contributed by atoms with Crippen LogP contribution in [0.15, 0.2) is 52.5 Å². The van der Waals surface area contributed by atoms with Crippen LogP contribution < -0.4 is 10.2 Å². The quantitative estimate of drug-likeness (QED) is 0.460. The van der Waals surface area contributed by atoms with Crippen molar-refractivity contribution in [2.24, 2.45) is 0 Å². The molecule has 0 bridgehead atoms. The summed E-state index contributed by atoms with van der Waals surface area (Å²) in [7, 11) is 0. The summed E-state index contributed by atoms with van der Waals surface area (Å²) in [6, 6.07) is 13.1. The standard InChI is InChI=1S/C19H15BrN2O2S/c1-11-3-5-13(6-4-11)10-15-17(23)21-19(25)22(18(15)24)16-8-7-14(20)9-12(16)2/h3-10H,1-2H3,(H,21,23,25)/b15-10+. The minimum absolute atomic E-state index is 0.0553. The number of benzene rings is 2. The molecule has 0 unspecified atom stereocenters. The molecule has 0 atom stereocenters. The number of hydrogen-bond donors (Lipinski definition) is 1. The Morgan fingerprint density at radius 3 is 2.40 bits per heavy atom. The third kappa shape index (κ3) is 3.55. The lowest BCUT2D eigenvalue weighted by Gasteiger charge is -2.30. The molecule has 0 radical (unpaired) electrons. The SMILES string of the molecule is Cc1ccc(/C=C2\C(=O)NC(=S)N(c3ccc(Br)cc3C)C2=O)cc1. The van der Waals surface area contributed by atoms with E-state index in [1.807, 2.05) is 50.2 Å². The maximum Gasteiger partial charge on any atom is 0.270 e. The number of aryl methyl sites for hydroxylation is 2. The van der Waals surface area contributed by atoms with Crippen LogP contribution in [0.5, 0.6) is 0 Å². The summed E-state index contributed by atoms with van der Waals surface area (Å²) >= 11 is 8.63. The first kappa shape index (κ1) is 17.5. The third-order valence-corrected chi connectivity index (χ3v) is 4.67. The topological polar surface area (TPSA) is 49.4 Å². The molecule has 1 heterocycles. The van der Waals surface area contributed by atoms with Gasteiger partial charge >= 0.3 is 0 Å². The Kier molecular flexibility index (Phi) is 4.83. The number of carbonyl (C=O) groups excluding carboxylic acids is 2. The van der Waals surface area contributed by atoms with Crippen LogP contribution >= 0.6 is 28.1 Å². The zero-order valence-electron chi connectivity index (χ0n) is 13.7. The molecule has 0 aliphatic carbocycles. The zero-order valence-corrected chi connectivity index (χ0v) is 16.1. The summed E-state index contributed by atoms with van der Waals surface area (Å²) in [4.78, 5) is 26.6. The van der Waals surface area contributed by atoms with Crippen LogP contribution in [0, 0.1) is 13.8 Å². The van der Waals surface area contributed by atoms with Gasteiger partial charge in [0.15, 0.2) is 5.11 Å². The van der Waals surface area contributed by atoms with E-state index in [2.05, 4.69) is 21.2 Å². The molecular formula is C19H15BrN2O2S. The maximum atomic E-state index is 13.0. The first-order valence-electron chi connectivity index (χ1n) is 7.61. The summed E-state index contributed by atoms with van der Waals surface area (Å²) in [5.41, 5.74) is 3.46. The predicted octanol–water partition coefficient (Wildman–Crippen LogP) is 3.90. The molecule has 1 aliphatic rings. The normalized spacial score (nSPS) is 16.4. The second-order valence-corrected chi connectivity index (χ2v) is 7.10. The predicted molar refractivity (Wildman–Crippen MR) is 106 cm³/mol. The minimum atomic E-state index is -0.485. The van der Waals surface area contributed by atoms with Gasteiger partial charge in [-0.2, -0.15) is 0 Å². The Labute approximate surface area is 159 Å². The van der Waals surface area contributed by atoms with Crippen LogP contribution in [0.3, 0.4) is 0 Å². The number of amides is 2. The lowest BCUT2D eigenvalue weighted by atomic mass is 10.1. The van der Waals surface area contributed by atoms with Crippen molar-refractivity contribution >= 4 is 56.8 Å². The van der Waals surface area contributed by atoms with Crippen LogP contribution in [-0.4, -0.2) is 16.9 Å². The van der Waals surface area contributed by atoms with Crippen LogP contribution in [-0.2, 0) is 9.59 Å². The Morgan fingerprint density at radius 1 is 1.08 bits per heavy atom. The molecule has 2 aromatic carbocycles. The van der Waals surface area contributed by atoms with Crippen molar-refractivity contribution in [1.29, 1.82) is 0 Å². The van der Waals surface area contributed by atoms with E-state index in [-0.39, 0.29) is 10.7 Å². The molecule has 1 aliphatic heterocycles. The molecule has 3 rings (SSSR count). The number of anilines is 1. The highest BCUT2D eigenvalue weighted by atomic mass is 79.9. The summed E-state index contributed by atoms with van der Waals surface area (Å²) in [6.07, 6.45) is 1.58. The molecule has 2 amide bonds. The lowest BCUT2D eigenvalue weighted by Crippen LogP contribution is -2.54. The Balaban J connectivity index is 2.03. The molecule has 0 aromatic heterocycles. The molecular weight excluding hydrogens is 400 g/mol. The van der Waals surface area contributed by atoms with E-state index in [0.29, 0.717) is 5.69 Å². The lowest BCUT2D eigenvalue weighted by molar-refractivity contribution is -0.122. The Hall–Kier alpha value is -2.31. The molecule has 0 saturated carbocycles. The van der Waals surface area contributed by atoms with E-state index < -0.39 is 11.8 Å². The molecule has 6 heteroatoms. The highest BCUT2D eigenvalue weighted by molar-refractivity contribution is 9.10. The van der Waals surface area contributed by atoms with Crippen LogP contribution in [0.2, 0.25) is 0 Å². The molecule has 1 fully saturated rings. The fraction of sp³-hybridized carbons (Fsp3) is 0.105. The highest BCUT2D eigenvalue weighted by Gasteiger charge is 2.35. The molecule has 1 N–H and O–H groups in total. The zero-order chi connectivity index (χ0) is 18.1. The smallest absolute Gasteiger partial charge is 0.270 e. The van der Waals surface area contributed by atoms with Gasteiger partial charge in [-0.05, 0) is 61.5 Å². The van der Waals surface area contributed by atoms with E-state index in [0.717, 1.165) is 21.2 Å². The summed E-state index contributed by atoms with van der Waals surface area (Å²) in [5.74, 6) is -0.915. The van der Waals surface area contributed by atoms with E-state index in [4.69, 9.17) is 12.2 Å². The molecule has 25 heavy (non-hydrogen) atoms. The van der Waals surface area contributed by atoms with Crippen molar-refractivity contribution in [2.45, 2.75) is 13.8 Å². The van der Waals surface area contributed by atoms with Gasteiger partial charge in [0, 0.05) is 4.47 Å². The average Bonchev–Trinajstić information content (AvgIpc) is 2.55. The summed E-state index contributed by atoms with van der Waals surface area (Å²) in [5, 5.41) is 2.68. The Bertz CT molecular complexity index is 920. The molecule has 1 saturated heterocycles. The average molecular weight is 415 g/mol. The number of rotatable bonds is 2. The van der Waals surface area contributed by atoms with E-state index >= 15 is 0 Å². The van der Waals surface area contributed by atoms with Crippen LogP contribution in [0.4, 0.5) is 5.69 Å². The van der Waals surface area contributed by atoms with Gasteiger partial charge in [-0.25, -0.2) is 0 Å². The van der Waals surface area contributed by atoms with Crippen LogP contribution in [0.25, 0.3) is 6.08 Å². The van der Waals surface area contributed by atoms with Gasteiger partial charge in [0.1, 0.15) is 5.57 Å². The van der Waals surface area contributed by atoms with E-state index in [1.165, 1.54) is 4.90 Å². The van der Waals surface area contributed by atoms with Gasteiger partial charge in [-0.15, -0.1) is 0 Å². The van der Waals surface area contributed by atoms with Crippen molar-refractivity contribution < 1.29 is 9.59 Å². The third-order valence-electron chi connectivity index (χ3n) is 3.89. The molecule has 126 valence electrons. The molecule has 4 nitrogen and oxygen atoms in total. The summed E-state index contributed by atoms with van der Waals surface area (Å²) < 4.78 is 0.906. The molecule has 0 spiro atoms. The van der Waals surface area contributed by atoms with Gasteiger partial charge < -0.3 is 0 Å². The number of halogens is 1. The van der Waals surface area contributed by atoms with Crippen LogP contribution in [0.1, 0.15) is 16.7 Å². The number of carbonyl (C=O) groups is 2. The number of nitrogens with zero attached hydrogens (tertiary/aromatic N) is 1. The first-order chi connectivity index (χ1) is 11.9. The minimum Gasteiger partial charge on any atom is -0.298 e. The fourth-order valence-electron chi connectivity index (χ4n) is 2.58. The van der Waals surface area contributed by atoms with Crippen molar-refractivity contribution in [3.05, 3.63) is 69.2 Å². The van der Waals surface area contributed by atoms with E-state index in [9.17, 15) is 9.59 Å². The maximum absolute atomic E-state index is 13.0.